The molecule has 1 atom stereocenters. The summed E-state index contributed by atoms with van der Waals surface area (Å²) >= 11 is 0. The molecule has 134 valence electrons. The molecule has 0 spiro atoms. The zero-order valence-corrected chi connectivity index (χ0v) is 16.4. The van der Waals surface area contributed by atoms with Crippen molar-refractivity contribution in [2.45, 2.75) is 13.2 Å². The summed E-state index contributed by atoms with van der Waals surface area (Å²) < 4.78 is 13.4. The normalized spacial score (nSPS) is 14.9. The fourth-order valence-electron chi connectivity index (χ4n) is 2.16. The second kappa shape index (κ2) is 9.80. The Bertz CT molecular complexity index is 294. The average molecular weight is 321 g/mol. The molecule has 0 saturated heterocycles. The van der Waals surface area contributed by atoms with Crippen LogP contribution in [0.2, 0.25) is 0 Å². The van der Waals surface area contributed by atoms with Gasteiger partial charge in [0.05, 0.1) is 13.2 Å². The van der Waals surface area contributed by atoms with Crippen LogP contribution in [-0.4, -0.2) is 121 Å². The topological polar surface area (TPSA) is 24.9 Å². The van der Waals surface area contributed by atoms with Gasteiger partial charge in [0.15, 0.2) is 0 Å². The van der Waals surface area contributed by atoms with Gasteiger partial charge >= 0.3 is 0 Å². The molecule has 6 heteroatoms. The highest BCUT2D eigenvalue weighted by Gasteiger charge is 2.44. The van der Waals surface area contributed by atoms with E-state index in [1.54, 1.807) is 0 Å². The van der Waals surface area contributed by atoms with Gasteiger partial charge in [-0.2, -0.15) is 4.59 Å². The molecule has 22 heavy (non-hydrogen) atoms. The summed E-state index contributed by atoms with van der Waals surface area (Å²) in [6.45, 7) is 7.14. The Labute approximate surface area is 138 Å². The molecule has 0 aromatic rings. The third-order valence-electron chi connectivity index (χ3n) is 4.46. The van der Waals surface area contributed by atoms with E-state index in [-0.39, 0.29) is 6.23 Å². The van der Waals surface area contributed by atoms with Gasteiger partial charge in [0.25, 0.3) is 0 Å². The largest absolute Gasteiger partial charge is 0.376 e. The van der Waals surface area contributed by atoms with E-state index in [1.165, 1.54) is 0 Å². The number of likely N-dealkylation sites (N-methyl/N-ethyl adjacent to an activating group) is 4. The molecule has 0 fully saturated rings. The molecule has 6 nitrogen and oxygen atoms in total. The number of rotatable bonds is 12. The zero-order valence-electron chi connectivity index (χ0n) is 16.4. The predicted molar refractivity (Wildman–Crippen MR) is 92.4 cm³/mol. The second-order valence-electron chi connectivity index (χ2n) is 7.41. The van der Waals surface area contributed by atoms with E-state index in [0.717, 1.165) is 48.6 Å². The Morgan fingerprint density at radius 1 is 0.909 bits per heavy atom. The minimum absolute atomic E-state index is 0.117. The van der Waals surface area contributed by atoms with Crippen LogP contribution in [0.3, 0.4) is 0 Å². The minimum Gasteiger partial charge on any atom is -0.376 e. The third kappa shape index (κ3) is 7.35. The standard InChI is InChI=1S/C16H40N4O2/c1-10-21-14-12-19(6,7)20(8,9)16(15-18(4)5)22-13-11-17(2)3/h16H,10-15H2,1-9H3/q+2. The third-order valence-corrected chi connectivity index (χ3v) is 4.46. The monoisotopic (exact) mass is 320 g/mol. The fourth-order valence-corrected chi connectivity index (χ4v) is 2.16. The van der Waals surface area contributed by atoms with Gasteiger partial charge in [-0.25, -0.2) is 0 Å². The van der Waals surface area contributed by atoms with E-state index in [2.05, 4.69) is 66.2 Å². The van der Waals surface area contributed by atoms with Gasteiger partial charge in [-0.15, -0.1) is 4.59 Å². The van der Waals surface area contributed by atoms with E-state index in [1.807, 2.05) is 6.92 Å². The first-order valence-electron chi connectivity index (χ1n) is 8.20. The van der Waals surface area contributed by atoms with Crippen LogP contribution >= 0.6 is 0 Å². The molecule has 0 N–H and O–H groups in total. The molecule has 0 radical (unpaired) electrons. The Kier molecular flexibility index (Phi) is 9.69. The first kappa shape index (κ1) is 21.8. The van der Waals surface area contributed by atoms with Crippen molar-refractivity contribution in [3.8, 4) is 0 Å². The summed E-state index contributed by atoms with van der Waals surface area (Å²) in [6, 6.07) is 0. The lowest BCUT2D eigenvalue weighted by atomic mass is 10.4. The van der Waals surface area contributed by atoms with Crippen molar-refractivity contribution < 1.29 is 18.7 Å². The highest BCUT2D eigenvalue weighted by Crippen LogP contribution is 2.19. The minimum atomic E-state index is 0.117. The molecule has 0 saturated carbocycles. The number of nitrogens with zero attached hydrogens (tertiary/aromatic N) is 4. The molecule has 0 aliphatic carbocycles. The van der Waals surface area contributed by atoms with E-state index in [0.29, 0.717) is 0 Å². The quantitative estimate of drug-likeness (QED) is 0.227. The van der Waals surface area contributed by atoms with Gasteiger partial charge in [-0.1, -0.05) is 0 Å². The Morgan fingerprint density at radius 2 is 1.50 bits per heavy atom. The van der Waals surface area contributed by atoms with Crippen LogP contribution in [0.4, 0.5) is 0 Å². The van der Waals surface area contributed by atoms with Crippen molar-refractivity contribution in [3.63, 3.8) is 0 Å². The van der Waals surface area contributed by atoms with Gasteiger partial charge in [0.1, 0.15) is 41.3 Å². The van der Waals surface area contributed by atoms with Gasteiger partial charge in [0, 0.05) is 13.2 Å². The van der Waals surface area contributed by atoms with E-state index in [9.17, 15) is 0 Å². The molecular weight excluding hydrogens is 280 g/mol. The maximum absolute atomic E-state index is 6.25. The molecule has 0 heterocycles. The van der Waals surface area contributed by atoms with Crippen LogP contribution < -0.4 is 0 Å². The van der Waals surface area contributed by atoms with Crippen molar-refractivity contribution in [1.82, 2.24) is 9.80 Å². The van der Waals surface area contributed by atoms with E-state index >= 15 is 0 Å². The van der Waals surface area contributed by atoms with Crippen LogP contribution in [0.1, 0.15) is 6.92 Å². The van der Waals surface area contributed by atoms with Crippen molar-refractivity contribution in [3.05, 3.63) is 0 Å². The molecule has 0 rings (SSSR count). The average Bonchev–Trinajstić information content (AvgIpc) is 2.36. The zero-order chi connectivity index (χ0) is 17.4. The Balaban J connectivity index is 4.88. The predicted octanol–water partition coefficient (Wildman–Crippen LogP) is 0.557. The molecule has 0 aliphatic heterocycles. The van der Waals surface area contributed by atoms with Crippen molar-refractivity contribution in [2.24, 2.45) is 0 Å². The van der Waals surface area contributed by atoms with Gasteiger partial charge in [0.2, 0.25) is 6.23 Å². The Morgan fingerprint density at radius 3 is 1.95 bits per heavy atom. The molecule has 0 amide bonds. The molecule has 0 aromatic heterocycles. The summed E-state index contributed by atoms with van der Waals surface area (Å²) in [6.07, 6.45) is 0.117. The van der Waals surface area contributed by atoms with E-state index in [4.69, 9.17) is 9.47 Å². The summed E-state index contributed by atoms with van der Waals surface area (Å²) in [5.74, 6) is 0. The maximum Gasteiger partial charge on any atom is 0.249 e. The van der Waals surface area contributed by atoms with E-state index < -0.39 is 0 Å². The van der Waals surface area contributed by atoms with Gasteiger partial charge in [-0.3, -0.25) is 0 Å². The Hall–Kier alpha value is -0.240. The fraction of sp³-hybridized carbons (Fsp3) is 1.00. The molecule has 1 unspecified atom stereocenters. The first-order valence-corrected chi connectivity index (χ1v) is 8.20. The van der Waals surface area contributed by atoms with Crippen LogP contribution in [0.15, 0.2) is 0 Å². The highest BCUT2D eigenvalue weighted by atomic mass is 16.5. The first-order chi connectivity index (χ1) is 10.0. The van der Waals surface area contributed by atoms with Gasteiger partial charge in [-0.05, 0) is 35.1 Å². The number of ether oxygens (including phenoxy) is 2. The van der Waals surface area contributed by atoms with Crippen LogP contribution in [0.25, 0.3) is 0 Å². The molecule has 0 aliphatic rings. The van der Waals surface area contributed by atoms with Crippen molar-refractivity contribution in [1.29, 1.82) is 0 Å². The number of hydrogen-bond acceptors (Lipinski definition) is 4. The highest BCUT2D eigenvalue weighted by molar-refractivity contribution is 4.51. The summed E-state index contributed by atoms with van der Waals surface area (Å²) in [7, 11) is 17.3. The number of quaternary nitrogens is 2. The SMILES string of the molecule is CCOCC[N+](C)(C)[N+](C)(C)C(CN(C)C)OCCN(C)C. The second-order valence-corrected chi connectivity index (χ2v) is 7.41. The maximum atomic E-state index is 6.25. The van der Waals surface area contributed by atoms with Crippen molar-refractivity contribution in [2.75, 3.05) is 95.8 Å². The van der Waals surface area contributed by atoms with Crippen LogP contribution in [-0.2, 0) is 9.47 Å². The van der Waals surface area contributed by atoms with Crippen molar-refractivity contribution >= 4 is 0 Å². The lowest BCUT2D eigenvalue weighted by molar-refractivity contribution is -1.48. The summed E-state index contributed by atoms with van der Waals surface area (Å²) in [5, 5.41) is 0. The summed E-state index contributed by atoms with van der Waals surface area (Å²) in [4.78, 5) is 4.35. The lowest BCUT2D eigenvalue weighted by Crippen LogP contribution is -2.71. The van der Waals surface area contributed by atoms with Crippen LogP contribution in [0.5, 0.6) is 0 Å². The molecule has 0 bridgehead atoms. The van der Waals surface area contributed by atoms with Crippen LogP contribution in [0, 0.1) is 0 Å². The smallest absolute Gasteiger partial charge is 0.249 e. The lowest BCUT2D eigenvalue weighted by Gasteiger charge is -2.48. The molecular formula is C16H40N4O2+2. The molecule has 0 aromatic carbocycles. The van der Waals surface area contributed by atoms with Gasteiger partial charge < -0.3 is 19.3 Å². The number of hydrogen-bond donors (Lipinski definition) is 0. The summed E-state index contributed by atoms with van der Waals surface area (Å²) in [5.41, 5.74) is 0.